The van der Waals surface area contributed by atoms with Crippen molar-refractivity contribution in [3.8, 4) is 5.75 Å². The molecule has 0 saturated carbocycles. The maximum absolute atomic E-state index is 13.0. The molecular weight excluding hydrogens is 317 g/mol. The minimum atomic E-state index is -0.285. The molecule has 1 atom stereocenters. The van der Waals surface area contributed by atoms with Gasteiger partial charge in [0.15, 0.2) is 5.78 Å². The Hall–Kier alpha value is -1.91. The second kappa shape index (κ2) is 8.65. The van der Waals surface area contributed by atoms with Crippen molar-refractivity contribution in [3.63, 3.8) is 0 Å². The van der Waals surface area contributed by atoms with Gasteiger partial charge in [0.2, 0.25) is 0 Å². The van der Waals surface area contributed by atoms with Crippen molar-refractivity contribution in [2.24, 2.45) is 5.92 Å². The number of hydrogen-bond acceptors (Lipinski definition) is 3. The molecule has 0 bridgehead atoms. The number of halogens is 2. The molecule has 1 N–H and O–H groups in total. The van der Waals surface area contributed by atoms with Crippen LogP contribution in [0.15, 0.2) is 48.5 Å². The summed E-state index contributed by atoms with van der Waals surface area (Å²) in [5, 5.41) is 9.54. The molecule has 3 nitrogen and oxygen atoms in total. The van der Waals surface area contributed by atoms with Crippen molar-refractivity contribution in [2.45, 2.75) is 6.42 Å². The largest absolute Gasteiger partial charge is 0.508 e. The van der Waals surface area contributed by atoms with Gasteiger partial charge in [-0.25, -0.2) is 4.39 Å². The summed E-state index contributed by atoms with van der Waals surface area (Å²) >= 11 is 0. The number of benzene rings is 2. The molecule has 0 aromatic heterocycles. The second-order valence-corrected chi connectivity index (χ2v) is 5.70. The molecule has 0 amide bonds. The summed E-state index contributed by atoms with van der Waals surface area (Å²) in [6.07, 6.45) is 0.535. The van der Waals surface area contributed by atoms with Crippen LogP contribution in [0.25, 0.3) is 0 Å². The van der Waals surface area contributed by atoms with Crippen LogP contribution in [0.4, 0.5) is 4.39 Å². The van der Waals surface area contributed by atoms with E-state index in [4.69, 9.17) is 0 Å². The van der Waals surface area contributed by atoms with E-state index in [1.54, 1.807) is 24.3 Å². The first-order chi connectivity index (χ1) is 10.5. The van der Waals surface area contributed by atoms with E-state index in [-0.39, 0.29) is 35.7 Å². The third kappa shape index (κ3) is 5.66. The van der Waals surface area contributed by atoms with Crippen molar-refractivity contribution in [1.82, 2.24) is 4.90 Å². The minimum absolute atomic E-state index is 0. The molecule has 0 fully saturated rings. The Bertz CT molecular complexity index is 644. The van der Waals surface area contributed by atoms with E-state index in [0.717, 1.165) is 5.56 Å². The molecule has 2 aromatic rings. The van der Waals surface area contributed by atoms with Gasteiger partial charge in [0.1, 0.15) is 11.6 Å². The zero-order valence-corrected chi connectivity index (χ0v) is 14.0. The Kier molecular flexibility index (Phi) is 7.20. The monoisotopic (exact) mass is 337 g/mol. The molecular formula is C18H21ClFNO2. The van der Waals surface area contributed by atoms with Crippen molar-refractivity contribution in [3.05, 3.63) is 65.5 Å². The van der Waals surface area contributed by atoms with Crippen LogP contribution in [0.5, 0.6) is 5.75 Å². The first kappa shape index (κ1) is 19.1. The molecule has 0 heterocycles. The van der Waals surface area contributed by atoms with Crippen LogP contribution < -0.4 is 0 Å². The fourth-order valence-corrected chi connectivity index (χ4v) is 2.48. The highest BCUT2D eigenvalue weighted by molar-refractivity contribution is 5.98. The molecule has 5 heteroatoms. The molecule has 0 radical (unpaired) electrons. The van der Waals surface area contributed by atoms with Crippen LogP contribution in [-0.4, -0.2) is 36.4 Å². The van der Waals surface area contributed by atoms with Gasteiger partial charge in [0.05, 0.1) is 0 Å². The van der Waals surface area contributed by atoms with E-state index < -0.39 is 0 Å². The number of aromatic hydroxyl groups is 1. The summed E-state index contributed by atoms with van der Waals surface area (Å²) in [6.45, 7) is 0.589. The summed E-state index contributed by atoms with van der Waals surface area (Å²) in [4.78, 5) is 14.6. The predicted octanol–water partition coefficient (Wildman–Crippen LogP) is 3.56. The van der Waals surface area contributed by atoms with Gasteiger partial charge in [-0.1, -0.05) is 24.3 Å². The fraction of sp³-hybridized carbons (Fsp3) is 0.278. The van der Waals surface area contributed by atoms with Crippen LogP contribution >= 0.6 is 12.4 Å². The van der Waals surface area contributed by atoms with Gasteiger partial charge in [0.25, 0.3) is 0 Å². The van der Waals surface area contributed by atoms with Crippen molar-refractivity contribution >= 4 is 18.2 Å². The Morgan fingerprint density at radius 1 is 1.17 bits per heavy atom. The molecule has 0 aliphatic carbocycles. The van der Waals surface area contributed by atoms with E-state index in [1.165, 1.54) is 24.3 Å². The number of Topliss-reactive ketones (excluding diaryl/α,β-unsaturated/α-hetero) is 1. The lowest BCUT2D eigenvalue weighted by atomic mass is 9.90. The normalized spacial score (nSPS) is 11.8. The number of phenols is 1. The first-order valence-electron chi connectivity index (χ1n) is 7.18. The summed E-state index contributed by atoms with van der Waals surface area (Å²) in [5.41, 5.74) is 1.41. The molecule has 0 aliphatic heterocycles. The summed E-state index contributed by atoms with van der Waals surface area (Å²) in [6, 6.07) is 12.6. The number of carbonyl (C=O) groups is 1. The van der Waals surface area contributed by atoms with E-state index in [2.05, 4.69) is 0 Å². The molecule has 124 valence electrons. The molecule has 0 saturated heterocycles. The van der Waals surface area contributed by atoms with Gasteiger partial charge in [-0.3, -0.25) is 4.79 Å². The molecule has 23 heavy (non-hydrogen) atoms. The smallest absolute Gasteiger partial charge is 0.167 e. The van der Waals surface area contributed by atoms with Gasteiger partial charge in [-0.05, 0) is 50.3 Å². The number of phenolic OH excluding ortho intramolecular Hbond substituents is 1. The lowest BCUT2D eigenvalue weighted by Gasteiger charge is -2.20. The summed E-state index contributed by atoms with van der Waals surface area (Å²) in [5.74, 6) is -0.473. The highest BCUT2D eigenvalue weighted by atomic mass is 35.5. The second-order valence-electron chi connectivity index (χ2n) is 5.70. The summed E-state index contributed by atoms with van der Waals surface area (Å²) < 4.78 is 13.0. The standard InChI is InChI=1S/C18H20FNO2.ClH/c1-20(2)12-15(10-13-6-8-16(19)9-7-13)18(22)14-4-3-5-17(21)11-14;/h3-9,11,15,21H,10,12H2,1-2H3;1H. The van der Waals surface area contributed by atoms with Gasteiger partial charge in [-0.2, -0.15) is 0 Å². The van der Waals surface area contributed by atoms with Gasteiger partial charge >= 0.3 is 0 Å². The molecule has 0 spiro atoms. The number of rotatable bonds is 6. The van der Waals surface area contributed by atoms with Crippen LogP contribution in [0.1, 0.15) is 15.9 Å². The number of hydrogen-bond donors (Lipinski definition) is 1. The predicted molar refractivity (Wildman–Crippen MR) is 91.8 cm³/mol. The van der Waals surface area contributed by atoms with E-state index in [9.17, 15) is 14.3 Å². The third-order valence-corrected chi connectivity index (χ3v) is 3.48. The average Bonchev–Trinajstić information content (AvgIpc) is 2.47. The SMILES string of the molecule is CN(C)CC(Cc1ccc(F)cc1)C(=O)c1cccc(O)c1.Cl. The zero-order chi connectivity index (χ0) is 16.1. The molecule has 0 aliphatic rings. The van der Waals surface area contributed by atoms with E-state index >= 15 is 0 Å². The highest BCUT2D eigenvalue weighted by Crippen LogP contribution is 2.19. The van der Waals surface area contributed by atoms with Crippen LogP contribution in [-0.2, 0) is 6.42 Å². The van der Waals surface area contributed by atoms with Crippen LogP contribution in [0, 0.1) is 11.7 Å². The number of ketones is 1. The maximum Gasteiger partial charge on any atom is 0.167 e. The fourth-order valence-electron chi connectivity index (χ4n) is 2.48. The van der Waals surface area contributed by atoms with Gasteiger partial charge in [-0.15, -0.1) is 12.4 Å². The zero-order valence-electron chi connectivity index (χ0n) is 13.2. The third-order valence-electron chi connectivity index (χ3n) is 3.48. The Labute approximate surface area is 142 Å². The molecule has 2 aromatic carbocycles. The number of carbonyl (C=O) groups excluding carboxylic acids is 1. The molecule has 1 unspecified atom stereocenters. The minimum Gasteiger partial charge on any atom is -0.508 e. The Morgan fingerprint density at radius 3 is 2.39 bits per heavy atom. The first-order valence-corrected chi connectivity index (χ1v) is 7.18. The number of nitrogens with zero attached hydrogens (tertiary/aromatic N) is 1. The Morgan fingerprint density at radius 2 is 1.83 bits per heavy atom. The van der Waals surface area contributed by atoms with Crippen LogP contribution in [0.3, 0.4) is 0 Å². The van der Waals surface area contributed by atoms with Crippen molar-refractivity contribution in [2.75, 3.05) is 20.6 Å². The highest BCUT2D eigenvalue weighted by Gasteiger charge is 2.21. The quantitative estimate of drug-likeness (QED) is 0.819. The Balaban J connectivity index is 0.00000264. The van der Waals surface area contributed by atoms with Crippen molar-refractivity contribution < 1.29 is 14.3 Å². The van der Waals surface area contributed by atoms with Crippen molar-refractivity contribution in [1.29, 1.82) is 0 Å². The van der Waals surface area contributed by atoms with Gasteiger partial charge in [0, 0.05) is 18.0 Å². The molecule has 2 rings (SSSR count). The summed E-state index contributed by atoms with van der Waals surface area (Å²) in [7, 11) is 3.82. The lowest BCUT2D eigenvalue weighted by molar-refractivity contribution is 0.0896. The van der Waals surface area contributed by atoms with Gasteiger partial charge < -0.3 is 10.0 Å². The average molecular weight is 338 g/mol. The van der Waals surface area contributed by atoms with E-state index in [1.807, 2.05) is 19.0 Å². The van der Waals surface area contributed by atoms with E-state index in [0.29, 0.717) is 18.5 Å². The van der Waals surface area contributed by atoms with Crippen LogP contribution in [0.2, 0.25) is 0 Å². The lowest BCUT2D eigenvalue weighted by Crippen LogP contribution is -2.29. The maximum atomic E-state index is 13.0. The topological polar surface area (TPSA) is 40.5 Å².